The summed E-state index contributed by atoms with van der Waals surface area (Å²) in [6.07, 6.45) is 0. The monoisotopic (exact) mass is 577 g/mol. The van der Waals surface area contributed by atoms with Gasteiger partial charge >= 0.3 is 0 Å². The summed E-state index contributed by atoms with van der Waals surface area (Å²) in [6, 6.07) is 49.7. The van der Waals surface area contributed by atoms with Gasteiger partial charge in [-0.15, -0.1) is 11.3 Å². The van der Waals surface area contributed by atoms with Crippen molar-refractivity contribution in [2.75, 3.05) is 0 Å². The molecular formula is C40H23N3S. The first-order chi connectivity index (χ1) is 21.8. The molecule has 10 aromatic rings. The molecular weight excluding hydrogens is 555 g/mol. The SMILES string of the molecule is c1ccc2c(-c3nc(-n4c5ccccc5c5c6ccccc6c6c7ccccc7sc6c54)nc4ccccc34)cccc2c1. The molecule has 4 heteroatoms. The maximum Gasteiger partial charge on any atom is 0.235 e. The summed E-state index contributed by atoms with van der Waals surface area (Å²) in [6.45, 7) is 0. The van der Waals surface area contributed by atoms with Crippen molar-refractivity contribution < 1.29 is 0 Å². The van der Waals surface area contributed by atoms with Crippen molar-refractivity contribution in [3.63, 3.8) is 0 Å². The Hall–Kier alpha value is -5.58. The molecule has 0 aliphatic heterocycles. The van der Waals surface area contributed by atoms with Gasteiger partial charge in [-0.2, -0.15) is 0 Å². The Bertz CT molecular complexity index is 2780. The molecule has 0 N–H and O–H groups in total. The molecule has 0 aliphatic rings. The van der Waals surface area contributed by atoms with E-state index in [1.54, 1.807) is 0 Å². The molecule has 0 unspecified atom stereocenters. The lowest BCUT2D eigenvalue weighted by atomic mass is 9.99. The van der Waals surface area contributed by atoms with E-state index in [1.165, 1.54) is 58.0 Å². The van der Waals surface area contributed by atoms with Crippen molar-refractivity contribution in [2.24, 2.45) is 0 Å². The predicted molar refractivity (Wildman–Crippen MR) is 187 cm³/mol. The highest BCUT2D eigenvalue weighted by atomic mass is 32.1. The molecule has 0 saturated carbocycles. The smallest absolute Gasteiger partial charge is 0.235 e. The van der Waals surface area contributed by atoms with Crippen molar-refractivity contribution in [1.29, 1.82) is 0 Å². The first-order valence-corrected chi connectivity index (χ1v) is 15.7. The van der Waals surface area contributed by atoms with Gasteiger partial charge in [0.05, 0.1) is 26.9 Å². The largest absolute Gasteiger partial charge is 0.276 e. The molecule has 0 aliphatic carbocycles. The summed E-state index contributed by atoms with van der Waals surface area (Å²) < 4.78 is 4.86. The fraction of sp³-hybridized carbons (Fsp3) is 0. The molecule has 3 aromatic heterocycles. The Morgan fingerprint density at radius 1 is 0.477 bits per heavy atom. The van der Waals surface area contributed by atoms with Gasteiger partial charge in [-0.3, -0.25) is 4.57 Å². The first-order valence-electron chi connectivity index (χ1n) is 14.9. The van der Waals surface area contributed by atoms with Crippen molar-refractivity contribution >= 4 is 85.8 Å². The van der Waals surface area contributed by atoms with Gasteiger partial charge in [-0.25, -0.2) is 9.97 Å². The van der Waals surface area contributed by atoms with Crippen LogP contribution >= 0.6 is 11.3 Å². The van der Waals surface area contributed by atoms with E-state index >= 15 is 0 Å². The number of para-hydroxylation sites is 2. The summed E-state index contributed by atoms with van der Waals surface area (Å²) in [5, 5.41) is 11.0. The van der Waals surface area contributed by atoms with E-state index in [0.717, 1.165) is 27.7 Å². The minimum atomic E-state index is 0.687. The Morgan fingerprint density at radius 3 is 1.98 bits per heavy atom. The summed E-state index contributed by atoms with van der Waals surface area (Å²) in [5.74, 6) is 0.687. The van der Waals surface area contributed by atoms with Crippen LogP contribution in [-0.2, 0) is 0 Å². The average molecular weight is 578 g/mol. The molecule has 3 nitrogen and oxygen atoms in total. The lowest BCUT2D eigenvalue weighted by molar-refractivity contribution is 1.02. The van der Waals surface area contributed by atoms with Gasteiger partial charge < -0.3 is 0 Å². The number of benzene rings is 7. The lowest BCUT2D eigenvalue weighted by Gasteiger charge is -2.14. The molecule has 0 spiro atoms. The zero-order valence-corrected chi connectivity index (χ0v) is 24.3. The van der Waals surface area contributed by atoms with Crippen molar-refractivity contribution in [3.8, 4) is 17.2 Å². The average Bonchev–Trinajstić information content (AvgIpc) is 3.65. The Morgan fingerprint density at radius 2 is 1.11 bits per heavy atom. The highest BCUT2D eigenvalue weighted by Gasteiger charge is 2.23. The number of thiophene rings is 1. The maximum atomic E-state index is 5.46. The van der Waals surface area contributed by atoms with E-state index in [0.29, 0.717) is 5.95 Å². The zero-order valence-electron chi connectivity index (χ0n) is 23.5. The number of fused-ring (bicyclic) bond motifs is 12. The Kier molecular flexibility index (Phi) is 4.87. The van der Waals surface area contributed by atoms with Crippen LogP contribution in [0.5, 0.6) is 0 Å². The molecule has 44 heavy (non-hydrogen) atoms. The van der Waals surface area contributed by atoms with Gasteiger partial charge in [-0.1, -0.05) is 121 Å². The Labute approximate surface area is 256 Å². The van der Waals surface area contributed by atoms with E-state index in [1.807, 2.05) is 11.3 Å². The number of hydrogen-bond donors (Lipinski definition) is 0. The second kappa shape index (κ2) is 8.96. The lowest BCUT2D eigenvalue weighted by Crippen LogP contribution is -2.03. The number of aromatic nitrogens is 3. The van der Waals surface area contributed by atoms with Crippen LogP contribution in [0.25, 0.3) is 91.6 Å². The summed E-state index contributed by atoms with van der Waals surface area (Å²) in [7, 11) is 0. The zero-order chi connectivity index (χ0) is 28.8. The molecule has 0 amide bonds. The second-order valence-corrected chi connectivity index (χ2v) is 12.4. The molecule has 10 rings (SSSR count). The Balaban J connectivity index is 1.43. The van der Waals surface area contributed by atoms with E-state index in [-0.39, 0.29) is 0 Å². The molecule has 0 atom stereocenters. The third-order valence-electron chi connectivity index (χ3n) is 8.99. The van der Waals surface area contributed by atoms with E-state index in [2.05, 4.69) is 144 Å². The van der Waals surface area contributed by atoms with E-state index in [9.17, 15) is 0 Å². The van der Waals surface area contributed by atoms with Crippen LogP contribution in [0, 0.1) is 0 Å². The summed E-state index contributed by atoms with van der Waals surface area (Å²) >= 11 is 1.86. The van der Waals surface area contributed by atoms with Crippen LogP contribution in [0.4, 0.5) is 0 Å². The highest BCUT2D eigenvalue weighted by Crippen LogP contribution is 2.47. The van der Waals surface area contributed by atoms with Gasteiger partial charge in [0.15, 0.2) is 0 Å². The highest BCUT2D eigenvalue weighted by molar-refractivity contribution is 7.27. The molecule has 0 radical (unpaired) electrons. The van der Waals surface area contributed by atoms with Crippen LogP contribution in [0.15, 0.2) is 140 Å². The van der Waals surface area contributed by atoms with Crippen molar-refractivity contribution in [1.82, 2.24) is 14.5 Å². The van der Waals surface area contributed by atoms with Crippen LogP contribution in [0.3, 0.4) is 0 Å². The van der Waals surface area contributed by atoms with E-state index in [4.69, 9.17) is 9.97 Å². The first kappa shape index (κ1) is 23.9. The summed E-state index contributed by atoms with van der Waals surface area (Å²) in [4.78, 5) is 10.7. The van der Waals surface area contributed by atoms with Gasteiger partial charge in [-0.05, 0) is 39.7 Å². The number of rotatable bonds is 2. The topological polar surface area (TPSA) is 30.7 Å². The molecule has 0 fully saturated rings. The van der Waals surface area contributed by atoms with E-state index < -0.39 is 0 Å². The molecule has 7 aromatic carbocycles. The van der Waals surface area contributed by atoms with Gasteiger partial charge in [0.1, 0.15) is 0 Å². The molecule has 0 saturated heterocycles. The third kappa shape index (κ3) is 3.20. The number of nitrogens with zero attached hydrogens (tertiary/aromatic N) is 3. The van der Waals surface area contributed by atoms with Crippen LogP contribution < -0.4 is 0 Å². The quantitative estimate of drug-likeness (QED) is 0.205. The van der Waals surface area contributed by atoms with Crippen LogP contribution in [0.1, 0.15) is 0 Å². The molecule has 3 heterocycles. The van der Waals surface area contributed by atoms with Gasteiger partial charge in [0.2, 0.25) is 5.95 Å². The van der Waals surface area contributed by atoms with Crippen molar-refractivity contribution in [2.45, 2.75) is 0 Å². The third-order valence-corrected chi connectivity index (χ3v) is 10.2. The normalized spacial score (nSPS) is 12.1. The maximum absolute atomic E-state index is 5.46. The standard InChI is InChI=1S/C40H23N3S/c1-2-14-25-24(12-1)13-11-20-28(25)37-29-17-5-8-21-32(29)41-40(42-37)43-33-22-9-6-18-30(33)35-26-15-3-4-16-27(26)36-31-19-7-10-23-34(31)44-39(36)38(35)43/h1-23H. The van der Waals surface area contributed by atoms with Crippen LogP contribution in [-0.4, -0.2) is 14.5 Å². The van der Waals surface area contributed by atoms with Crippen LogP contribution in [0.2, 0.25) is 0 Å². The number of hydrogen-bond acceptors (Lipinski definition) is 3. The van der Waals surface area contributed by atoms with Gasteiger partial charge in [0, 0.05) is 37.2 Å². The minimum Gasteiger partial charge on any atom is -0.276 e. The fourth-order valence-corrected chi connectivity index (χ4v) is 8.39. The summed E-state index contributed by atoms with van der Waals surface area (Å²) in [5.41, 5.74) is 5.26. The predicted octanol–water partition coefficient (Wildman–Crippen LogP) is 11.1. The fourth-order valence-electron chi connectivity index (χ4n) is 7.14. The van der Waals surface area contributed by atoms with Crippen molar-refractivity contribution in [3.05, 3.63) is 140 Å². The molecule has 0 bridgehead atoms. The minimum absolute atomic E-state index is 0.687. The van der Waals surface area contributed by atoms with Gasteiger partial charge in [0.25, 0.3) is 0 Å². The molecule has 204 valence electrons. The second-order valence-electron chi connectivity index (χ2n) is 11.3.